The fourth-order valence-corrected chi connectivity index (χ4v) is 5.99. The number of nitrogens with one attached hydrogen (secondary N) is 3. The second-order valence-corrected chi connectivity index (χ2v) is 12.0. The Kier molecular flexibility index (Phi) is 8.74. The summed E-state index contributed by atoms with van der Waals surface area (Å²) < 4.78 is 13.7. The van der Waals surface area contributed by atoms with Crippen molar-refractivity contribution in [2.45, 2.75) is 77.0 Å². The van der Waals surface area contributed by atoms with Crippen molar-refractivity contribution in [1.29, 1.82) is 0 Å². The third kappa shape index (κ3) is 6.32. The highest BCUT2D eigenvalue weighted by Crippen LogP contribution is 2.40. The van der Waals surface area contributed by atoms with Crippen LogP contribution in [-0.4, -0.2) is 60.4 Å². The zero-order chi connectivity index (χ0) is 28.3. The Morgan fingerprint density at radius 2 is 1.56 bits per heavy atom. The first-order valence-electron chi connectivity index (χ1n) is 13.9. The zero-order valence-electron chi connectivity index (χ0n) is 23.5. The molecule has 1 saturated heterocycles. The lowest BCUT2D eigenvalue weighted by atomic mass is 9.85. The number of amides is 3. The van der Waals surface area contributed by atoms with Crippen LogP contribution in [0.5, 0.6) is 0 Å². The van der Waals surface area contributed by atoms with Crippen LogP contribution < -0.4 is 16.0 Å². The third-order valence-electron chi connectivity index (χ3n) is 8.28. The topological polar surface area (TPSA) is 90.5 Å². The number of nitrogens with zero attached hydrogens (tertiary/aromatic N) is 1. The van der Waals surface area contributed by atoms with Gasteiger partial charge < -0.3 is 20.9 Å². The monoisotopic (exact) mass is 536 g/mol. The number of likely N-dealkylation sites (tertiary alicyclic amines) is 1. The van der Waals surface area contributed by atoms with Gasteiger partial charge in [-0.3, -0.25) is 14.4 Å². The molecule has 1 saturated carbocycles. The molecule has 0 aromatic heterocycles. The Balaban J connectivity index is 1.56. The summed E-state index contributed by atoms with van der Waals surface area (Å²) in [6.45, 7) is 8.22. The Morgan fingerprint density at radius 1 is 0.923 bits per heavy atom. The predicted octanol–water partition coefficient (Wildman–Crippen LogP) is 3.59. The number of hydrogen-bond acceptors (Lipinski definition) is 4. The number of hydrogen-bond donors (Lipinski definition) is 3. The molecular weight excluding hydrogens is 495 g/mol. The van der Waals surface area contributed by atoms with Crippen LogP contribution in [0.4, 0.5) is 4.39 Å². The Morgan fingerprint density at radius 3 is 2.18 bits per heavy atom. The van der Waals surface area contributed by atoms with Crippen LogP contribution in [0.15, 0.2) is 54.6 Å². The van der Waals surface area contributed by atoms with Gasteiger partial charge in [-0.1, -0.05) is 63.2 Å². The summed E-state index contributed by atoms with van der Waals surface area (Å²) in [7, 11) is 1.71. The number of carbonyl (C=O) groups is 3. The third-order valence-corrected chi connectivity index (χ3v) is 8.28. The molecule has 2 aliphatic rings. The number of rotatable bonds is 8. The minimum Gasteiger partial charge on any atom is -0.350 e. The highest BCUT2D eigenvalue weighted by atomic mass is 19.1. The Hall–Kier alpha value is -3.26. The van der Waals surface area contributed by atoms with Crippen molar-refractivity contribution in [2.75, 3.05) is 13.6 Å². The molecule has 39 heavy (non-hydrogen) atoms. The first-order chi connectivity index (χ1) is 18.5. The molecule has 2 aromatic rings. The van der Waals surface area contributed by atoms with Gasteiger partial charge in [0.1, 0.15) is 11.9 Å². The fraction of sp³-hybridized carbons (Fsp3) is 0.516. The number of likely N-dealkylation sites (N-methyl/N-ethyl adjacent to an activating group) is 1. The molecule has 1 aliphatic carbocycles. The van der Waals surface area contributed by atoms with Crippen molar-refractivity contribution < 1.29 is 18.8 Å². The van der Waals surface area contributed by atoms with Crippen LogP contribution in [0.25, 0.3) is 0 Å². The molecule has 2 aromatic carbocycles. The zero-order valence-corrected chi connectivity index (χ0v) is 23.5. The quantitative estimate of drug-likeness (QED) is 0.481. The maximum absolute atomic E-state index is 14.0. The van der Waals surface area contributed by atoms with Crippen molar-refractivity contribution >= 4 is 17.7 Å². The number of carbonyl (C=O) groups excluding carboxylic acids is 3. The summed E-state index contributed by atoms with van der Waals surface area (Å²) in [5.41, 5.74) is 1.05. The fourth-order valence-electron chi connectivity index (χ4n) is 5.99. The van der Waals surface area contributed by atoms with E-state index in [4.69, 9.17) is 0 Å². The van der Waals surface area contributed by atoms with Crippen LogP contribution in [0.1, 0.15) is 64.0 Å². The minimum absolute atomic E-state index is 0.106. The molecule has 8 heteroatoms. The number of fused-ring (bicyclic) bond motifs is 1. The maximum Gasteiger partial charge on any atom is 0.246 e. The van der Waals surface area contributed by atoms with Crippen LogP contribution >= 0.6 is 0 Å². The SMILES string of the molecule is CN[C@@H](C)C(=O)N[C@H](C(=O)N1CCC2CCC(NC(=O)C(c3ccccc3)c3ccc(F)cc3)C21)C(C)(C)C. The highest BCUT2D eigenvalue weighted by molar-refractivity contribution is 5.91. The molecule has 3 amide bonds. The van der Waals surface area contributed by atoms with E-state index in [1.165, 1.54) is 12.1 Å². The summed E-state index contributed by atoms with van der Waals surface area (Å²) in [4.78, 5) is 42.4. The van der Waals surface area contributed by atoms with E-state index in [9.17, 15) is 18.8 Å². The summed E-state index contributed by atoms with van der Waals surface area (Å²) in [5.74, 6) is -1.14. The van der Waals surface area contributed by atoms with Gasteiger partial charge in [-0.15, -0.1) is 0 Å². The van der Waals surface area contributed by atoms with Crippen LogP contribution in [0, 0.1) is 17.2 Å². The van der Waals surface area contributed by atoms with Crippen LogP contribution in [0.2, 0.25) is 0 Å². The molecule has 4 rings (SSSR count). The average Bonchev–Trinajstić information content (AvgIpc) is 3.50. The van der Waals surface area contributed by atoms with Gasteiger partial charge in [0.2, 0.25) is 17.7 Å². The van der Waals surface area contributed by atoms with Gasteiger partial charge in [0.15, 0.2) is 0 Å². The first-order valence-corrected chi connectivity index (χ1v) is 13.9. The second kappa shape index (κ2) is 11.9. The smallest absolute Gasteiger partial charge is 0.246 e. The lowest BCUT2D eigenvalue weighted by Crippen LogP contribution is -2.60. The molecule has 1 heterocycles. The molecular formula is C31H41FN4O3. The molecule has 0 spiro atoms. The molecule has 0 radical (unpaired) electrons. The van der Waals surface area contributed by atoms with Gasteiger partial charge in [0.25, 0.3) is 0 Å². The van der Waals surface area contributed by atoms with Gasteiger partial charge in [0, 0.05) is 12.6 Å². The van der Waals surface area contributed by atoms with Gasteiger partial charge >= 0.3 is 0 Å². The Bertz CT molecular complexity index is 1160. The van der Waals surface area contributed by atoms with Crippen molar-refractivity contribution in [1.82, 2.24) is 20.9 Å². The lowest BCUT2D eigenvalue weighted by molar-refractivity contribution is -0.141. The predicted molar refractivity (Wildman–Crippen MR) is 149 cm³/mol. The van der Waals surface area contributed by atoms with E-state index in [0.29, 0.717) is 18.0 Å². The van der Waals surface area contributed by atoms with E-state index < -0.39 is 23.4 Å². The van der Waals surface area contributed by atoms with Crippen LogP contribution in [0.3, 0.4) is 0 Å². The van der Waals surface area contributed by atoms with Crippen molar-refractivity contribution in [3.05, 3.63) is 71.5 Å². The molecule has 4 unspecified atom stereocenters. The van der Waals surface area contributed by atoms with Gasteiger partial charge in [0.05, 0.1) is 18.0 Å². The normalized spacial score (nSPS) is 23.0. The lowest BCUT2D eigenvalue weighted by Gasteiger charge is -2.38. The summed E-state index contributed by atoms with van der Waals surface area (Å²) in [6, 6.07) is 14.1. The molecule has 6 atom stereocenters. The highest BCUT2D eigenvalue weighted by Gasteiger charge is 2.49. The summed E-state index contributed by atoms with van der Waals surface area (Å²) >= 11 is 0. The molecule has 0 bridgehead atoms. The molecule has 7 nitrogen and oxygen atoms in total. The van der Waals surface area contributed by atoms with Crippen molar-refractivity contribution in [3.63, 3.8) is 0 Å². The van der Waals surface area contributed by atoms with E-state index in [2.05, 4.69) is 16.0 Å². The Labute approximate surface area is 230 Å². The van der Waals surface area contributed by atoms with E-state index in [-0.39, 0.29) is 35.6 Å². The molecule has 3 N–H and O–H groups in total. The van der Waals surface area contributed by atoms with Gasteiger partial charge in [-0.05, 0) is 67.8 Å². The van der Waals surface area contributed by atoms with Gasteiger partial charge in [-0.25, -0.2) is 4.39 Å². The maximum atomic E-state index is 14.0. The largest absolute Gasteiger partial charge is 0.350 e. The van der Waals surface area contributed by atoms with Gasteiger partial charge in [-0.2, -0.15) is 0 Å². The van der Waals surface area contributed by atoms with E-state index >= 15 is 0 Å². The average molecular weight is 537 g/mol. The summed E-state index contributed by atoms with van der Waals surface area (Å²) in [6.07, 6.45) is 2.58. The summed E-state index contributed by atoms with van der Waals surface area (Å²) in [5, 5.41) is 9.17. The number of halogens is 1. The van der Waals surface area contributed by atoms with Crippen molar-refractivity contribution in [3.8, 4) is 0 Å². The minimum atomic E-state index is -0.687. The van der Waals surface area contributed by atoms with Crippen LogP contribution in [-0.2, 0) is 14.4 Å². The van der Waals surface area contributed by atoms with E-state index in [1.54, 1.807) is 26.1 Å². The standard InChI is InChI=1S/C31H41FN4O3/c1-19(33-5)28(37)35-27(31(2,3)4)30(39)36-18-17-22-13-16-24(26(22)36)34-29(38)25(20-9-7-6-8-10-20)21-11-14-23(32)15-12-21/h6-12,14-15,19,22,24-27,33H,13,16-18H2,1-5H3,(H,34,38)(H,35,37)/t19-,22?,24?,25?,26?,27+/m0/s1. The second-order valence-electron chi connectivity index (χ2n) is 12.0. The number of benzene rings is 2. The first kappa shape index (κ1) is 28.7. The van der Waals surface area contributed by atoms with E-state index in [0.717, 1.165) is 24.8 Å². The molecule has 2 fully saturated rings. The van der Waals surface area contributed by atoms with Crippen molar-refractivity contribution in [2.24, 2.45) is 11.3 Å². The molecule has 1 aliphatic heterocycles. The molecule has 210 valence electrons. The van der Waals surface area contributed by atoms with E-state index in [1.807, 2.05) is 56.0 Å².